The summed E-state index contributed by atoms with van der Waals surface area (Å²) in [7, 11) is 0. The minimum Gasteiger partial charge on any atom is -0.457 e. The Labute approximate surface area is 287 Å². The van der Waals surface area contributed by atoms with E-state index in [1.165, 1.54) is 24.0 Å². The zero-order valence-corrected chi connectivity index (χ0v) is 28.6. The number of nitrogens with zero attached hydrogens (tertiary/aromatic N) is 1. The van der Waals surface area contributed by atoms with Gasteiger partial charge in [-0.3, -0.25) is 14.4 Å². The van der Waals surface area contributed by atoms with Gasteiger partial charge in [-0.25, -0.2) is 4.79 Å². The van der Waals surface area contributed by atoms with Gasteiger partial charge in [0.15, 0.2) is 5.78 Å². The summed E-state index contributed by atoms with van der Waals surface area (Å²) < 4.78 is 5.78. The Hall–Kier alpha value is -5.04. The molecule has 0 bridgehead atoms. The highest BCUT2D eigenvalue weighted by atomic mass is 31.2. The number of carbonyl (C=O) groups excluding carboxylic acids is 4. The monoisotopic (exact) mass is 676 g/mol. The number of amides is 2. The number of esters is 1. The van der Waals surface area contributed by atoms with Crippen molar-refractivity contribution in [1.82, 2.24) is 10.2 Å². The van der Waals surface area contributed by atoms with Crippen LogP contribution in [0.2, 0.25) is 0 Å². The fourth-order valence-corrected chi connectivity index (χ4v) is 10.8. The number of hydrogen-bond acceptors (Lipinski definition) is 6. The minimum atomic E-state index is -3.19. The first-order valence-corrected chi connectivity index (χ1v) is 18.2. The lowest BCUT2D eigenvalue weighted by Crippen LogP contribution is -2.68. The van der Waals surface area contributed by atoms with E-state index >= 15 is 0 Å². The Morgan fingerprint density at radius 3 is 1.90 bits per heavy atom. The predicted molar refractivity (Wildman–Crippen MR) is 195 cm³/mol. The van der Waals surface area contributed by atoms with Crippen molar-refractivity contribution in [3.63, 3.8) is 0 Å². The number of ether oxygens (including phenoxy) is 1. The number of Topliss-reactive ketones (excluding diaryl/α,β-unsaturated/α-hetero) is 1. The number of β-lactam (4-membered cyclic amide) rings is 1. The number of nitrogens with one attached hydrogen (secondary N) is 1. The molecule has 1 aliphatic heterocycles. The highest BCUT2D eigenvalue weighted by Crippen LogP contribution is 2.50. The van der Waals surface area contributed by atoms with Gasteiger partial charge >= 0.3 is 5.97 Å². The molecule has 1 saturated heterocycles. The van der Waals surface area contributed by atoms with Crippen LogP contribution in [-0.2, 0) is 14.3 Å². The van der Waals surface area contributed by atoms with Crippen molar-refractivity contribution >= 4 is 51.8 Å². The van der Waals surface area contributed by atoms with Crippen LogP contribution in [0.1, 0.15) is 47.4 Å². The first-order chi connectivity index (χ1) is 23.7. The molecule has 9 heteroatoms. The van der Waals surface area contributed by atoms with Crippen molar-refractivity contribution < 1.29 is 29.0 Å². The largest absolute Gasteiger partial charge is 0.457 e. The Morgan fingerprint density at radius 1 is 0.878 bits per heavy atom. The number of aliphatic hydroxyl groups excluding tert-OH is 1. The van der Waals surface area contributed by atoms with Crippen LogP contribution in [0.5, 0.6) is 0 Å². The van der Waals surface area contributed by atoms with Crippen molar-refractivity contribution in [2.45, 2.75) is 38.8 Å². The van der Waals surface area contributed by atoms with E-state index in [0.717, 1.165) is 22.3 Å². The van der Waals surface area contributed by atoms with Crippen molar-refractivity contribution in [2.75, 3.05) is 13.2 Å². The third-order valence-electron chi connectivity index (χ3n) is 8.66. The smallest absolute Gasteiger partial charge is 0.356 e. The van der Waals surface area contributed by atoms with Crippen LogP contribution >= 0.6 is 6.89 Å². The van der Waals surface area contributed by atoms with Crippen molar-refractivity contribution in [3.05, 3.63) is 139 Å². The molecule has 5 rings (SSSR count). The van der Waals surface area contributed by atoms with Gasteiger partial charge in [-0.05, 0) is 41.4 Å². The number of hydrogen-bond donors (Lipinski definition) is 2. The van der Waals surface area contributed by atoms with E-state index in [-0.39, 0.29) is 30.1 Å². The lowest BCUT2D eigenvalue weighted by molar-refractivity contribution is -0.157. The van der Waals surface area contributed by atoms with E-state index in [2.05, 4.69) is 11.9 Å². The van der Waals surface area contributed by atoms with Crippen molar-refractivity contribution in [3.8, 4) is 0 Å². The fraction of sp³-hybridized carbons (Fsp3) is 0.225. The molecule has 2 N–H and O–H groups in total. The maximum Gasteiger partial charge on any atom is 0.356 e. The number of rotatable bonds is 14. The summed E-state index contributed by atoms with van der Waals surface area (Å²) in [6.45, 7) is 4.39. The molecule has 3 atom stereocenters. The lowest BCUT2D eigenvalue weighted by atomic mass is 9.79. The third-order valence-corrected chi connectivity index (χ3v) is 12.9. The summed E-state index contributed by atoms with van der Waals surface area (Å²) in [5, 5.41) is 16.1. The summed E-state index contributed by atoms with van der Waals surface area (Å²) in [5.74, 6) is -2.76. The molecule has 1 fully saturated rings. The molecule has 49 heavy (non-hydrogen) atoms. The van der Waals surface area contributed by atoms with Gasteiger partial charge in [0.05, 0.1) is 18.1 Å². The molecule has 0 aromatic heterocycles. The SMILES string of the molecule is C=CCOC(=O)C(N1C(=O)C(C(C)O)C1CC(=O)c1cccc(C(=O)NCCC)c1)=P(c1ccccc1)(c1ccccc1)c1ccccc1. The summed E-state index contributed by atoms with van der Waals surface area (Å²) >= 11 is 0. The molecular weight excluding hydrogens is 635 g/mol. The zero-order valence-electron chi connectivity index (χ0n) is 27.7. The van der Waals surface area contributed by atoms with Crippen LogP contribution in [0.15, 0.2) is 128 Å². The summed E-state index contributed by atoms with van der Waals surface area (Å²) in [6.07, 6.45) is 0.933. The third kappa shape index (κ3) is 7.07. The lowest BCUT2D eigenvalue weighted by Gasteiger charge is -2.50. The molecule has 0 aliphatic carbocycles. The molecule has 1 aliphatic rings. The molecular formula is C40H41N2O6P. The Balaban J connectivity index is 1.76. The van der Waals surface area contributed by atoms with Crippen LogP contribution in [0.25, 0.3) is 0 Å². The van der Waals surface area contributed by atoms with Gasteiger partial charge in [0.25, 0.3) is 5.91 Å². The van der Waals surface area contributed by atoms with Crippen molar-refractivity contribution in [2.24, 2.45) is 5.92 Å². The van der Waals surface area contributed by atoms with Crippen LogP contribution in [-0.4, -0.2) is 64.3 Å². The van der Waals surface area contributed by atoms with E-state index in [0.29, 0.717) is 17.7 Å². The van der Waals surface area contributed by atoms with E-state index in [4.69, 9.17) is 4.74 Å². The van der Waals surface area contributed by atoms with Gasteiger partial charge in [0.2, 0.25) is 5.91 Å². The van der Waals surface area contributed by atoms with Crippen molar-refractivity contribution in [1.29, 1.82) is 0 Å². The highest BCUT2D eigenvalue weighted by Gasteiger charge is 2.55. The fourth-order valence-electron chi connectivity index (χ4n) is 6.42. The van der Waals surface area contributed by atoms with Gasteiger partial charge in [0, 0.05) is 31.0 Å². The van der Waals surface area contributed by atoms with Crippen LogP contribution in [0.3, 0.4) is 0 Å². The summed E-state index contributed by atoms with van der Waals surface area (Å²) in [6, 6.07) is 34.3. The Kier molecular flexibility index (Phi) is 11.4. The molecule has 8 nitrogen and oxygen atoms in total. The quantitative estimate of drug-likeness (QED) is 0.0671. The van der Waals surface area contributed by atoms with Gasteiger partial charge in [-0.2, -0.15) is 0 Å². The maximum absolute atomic E-state index is 14.6. The number of carbonyl (C=O) groups is 4. The second kappa shape index (κ2) is 15.9. The molecule has 2 amide bonds. The first kappa shape index (κ1) is 35.3. The zero-order chi connectivity index (χ0) is 35.0. The molecule has 0 saturated carbocycles. The molecule has 0 spiro atoms. The molecule has 4 aromatic rings. The minimum absolute atomic E-state index is 0.0982. The molecule has 252 valence electrons. The number of benzene rings is 4. The van der Waals surface area contributed by atoms with Gasteiger partial charge in [-0.1, -0.05) is 123 Å². The van der Waals surface area contributed by atoms with Gasteiger partial charge < -0.3 is 20.1 Å². The predicted octanol–water partition coefficient (Wildman–Crippen LogP) is 4.46. The molecule has 0 radical (unpaired) electrons. The number of ketones is 1. The second-order valence-corrected chi connectivity index (χ2v) is 15.2. The Morgan fingerprint density at radius 2 is 1.41 bits per heavy atom. The van der Waals surface area contributed by atoms with Crippen LogP contribution in [0, 0.1) is 5.92 Å². The van der Waals surface area contributed by atoms with Gasteiger partial charge in [0.1, 0.15) is 12.0 Å². The average Bonchev–Trinajstić information content (AvgIpc) is 3.13. The number of likely N-dealkylation sites (tertiary alicyclic amines) is 1. The average molecular weight is 677 g/mol. The molecule has 1 heterocycles. The van der Waals surface area contributed by atoms with Crippen LogP contribution < -0.4 is 21.2 Å². The van der Waals surface area contributed by atoms with Gasteiger partial charge in [-0.15, -0.1) is 0 Å². The first-order valence-electron chi connectivity index (χ1n) is 16.4. The highest BCUT2D eigenvalue weighted by molar-refractivity contribution is 7.96. The Bertz CT molecular complexity index is 1770. The van der Waals surface area contributed by atoms with E-state index < -0.39 is 36.8 Å². The normalized spacial score (nSPS) is 16.2. The summed E-state index contributed by atoms with van der Waals surface area (Å²) in [4.78, 5) is 57.0. The van der Waals surface area contributed by atoms with Crippen LogP contribution in [0.4, 0.5) is 0 Å². The molecule has 4 aromatic carbocycles. The van der Waals surface area contributed by atoms with E-state index in [1.54, 1.807) is 18.2 Å². The maximum atomic E-state index is 14.6. The standard InChI is InChI=1S/C40H41N2O6P/c1-4-24-41-37(45)30-17-15-16-29(26-30)35(44)27-34-36(28(3)43)38(46)42(34)39(40(47)48-25-5-2)49(31-18-9-6-10-19-31,32-20-11-7-12-21-32)33-22-13-8-14-23-33/h5-23,26,28,34,36,43H,2,4,24-25,27H2,1,3H3,(H,41,45). The van der Waals surface area contributed by atoms with E-state index in [9.17, 15) is 24.3 Å². The molecule has 3 unspecified atom stereocenters. The topological polar surface area (TPSA) is 113 Å². The van der Waals surface area contributed by atoms with E-state index in [1.807, 2.05) is 97.9 Å². The second-order valence-electron chi connectivity index (χ2n) is 11.9. The summed E-state index contributed by atoms with van der Waals surface area (Å²) in [5.41, 5.74) is 0.750. The number of aliphatic hydroxyl groups is 1.